The molecule has 0 bridgehead atoms. The van der Waals surface area contributed by atoms with Crippen molar-refractivity contribution in [3.05, 3.63) is 45.0 Å². The van der Waals surface area contributed by atoms with Crippen LogP contribution in [0.15, 0.2) is 43.9 Å². The van der Waals surface area contributed by atoms with Crippen LogP contribution in [-0.4, -0.2) is 50.5 Å². The molecule has 0 saturated carbocycles. The molecule has 2 aromatic rings. The lowest BCUT2D eigenvalue weighted by Gasteiger charge is -2.23. The van der Waals surface area contributed by atoms with Gasteiger partial charge < -0.3 is 9.30 Å². The molecular formula is C15H17ClN4O3S3. The monoisotopic (exact) mass is 432 g/mol. The van der Waals surface area contributed by atoms with Gasteiger partial charge in [0.2, 0.25) is 4.80 Å². The highest BCUT2D eigenvalue weighted by atomic mass is 35.5. The second kappa shape index (κ2) is 8.49. The number of allylic oxidation sites excluding steroid dienone is 1. The first-order chi connectivity index (χ1) is 12.5. The van der Waals surface area contributed by atoms with Crippen LogP contribution >= 0.6 is 34.3 Å². The van der Waals surface area contributed by atoms with Gasteiger partial charge in [0.25, 0.3) is 10.0 Å². The Balaban J connectivity index is 1.98. The molecule has 26 heavy (non-hydrogen) atoms. The van der Waals surface area contributed by atoms with E-state index in [1.165, 1.54) is 17.4 Å². The fourth-order valence-electron chi connectivity index (χ4n) is 2.21. The summed E-state index contributed by atoms with van der Waals surface area (Å²) >= 11 is 8.72. The molecule has 0 unspecified atom stereocenters. The molecule has 11 heteroatoms. The standard InChI is InChI=1S/C15H17ClN4O3S3/c1-2-5-20-14(16)12(11-17-19-6-8-23-9-7-19)25-15(20)18-26(21,22)13-4-3-10-24-13/h2-4,10-11H,1,5-9H2/b17-11+,18-15-. The van der Waals surface area contributed by atoms with Crippen molar-refractivity contribution >= 4 is 50.5 Å². The molecule has 0 radical (unpaired) electrons. The average molecular weight is 433 g/mol. The number of hydrazone groups is 1. The fourth-order valence-corrected chi connectivity index (χ4v) is 5.64. The summed E-state index contributed by atoms with van der Waals surface area (Å²) in [5.41, 5.74) is 0. The molecule has 0 aliphatic carbocycles. The maximum Gasteiger partial charge on any atom is 0.294 e. The number of aromatic nitrogens is 1. The third-order valence-corrected chi connectivity index (χ3v) is 7.75. The van der Waals surface area contributed by atoms with Crippen molar-refractivity contribution in [2.45, 2.75) is 10.8 Å². The van der Waals surface area contributed by atoms with Crippen LogP contribution < -0.4 is 4.80 Å². The number of morpholine rings is 1. The molecule has 1 aliphatic rings. The summed E-state index contributed by atoms with van der Waals surface area (Å²) in [4.78, 5) is 0.923. The second-order valence-electron chi connectivity index (χ2n) is 5.25. The van der Waals surface area contributed by atoms with Gasteiger partial charge in [0, 0.05) is 6.54 Å². The van der Waals surface area contributed by atoms with Crippen molar-refractivity contribution in [1.82, 2.24) is 9.58 Å². The van der Waals surface area contributed by atoms with E-state index in [1.807, 2.05) is 5.01 Å². The van der Waals surface area contributed by atoms with E-state index in [-0.39, 0.29) is 9.01 Å². The molecule has 0 amide bonds. The quantitative estimate of drug-likeness (QED) is 0.518. The number of hydrogen-bond donors (Lipinski definition) is 0. The van der Waals surface area contributed by atoms with E-state index in [1.54, 1.807) is 28.3 Å². The van der Waals surface area contributed by atoms with Gasteiger partial charge in [0.05, 0.1) is 37.4 Å². The maximum atomic E-state index is 12.5. The summed E-state index contributed by atoms with van der Waals surface area (Å²) in [5, 5.41) is 8.36. The van der Waals surface area contributed by atoms with Crippen LogP contribution in [0.2, 0.25) is 5.15 Å². The first-order valence-corrected chi connectivity index (χ1v) is 11.2. The van der Waals surface area contributed by atoms with Crippen molar-refractivity contribution in [2.75, 3.05) is 26.3 Å². The van der Waals surface area contributed by atoms with Crippen molar-refractivity contribution in [1.29, 1.82) is 0 Å². The SMILES string of the molecule is C=CCn1c(Cl)c(/C=N/N2CCOCC2)s/c1=N\S(=O)(=O)c1cccs1. The van der Waals surface area contributed by atoms with Gasteiger partial charge >= 0.3 is 0 Å². The van der Waals surface area contributed by atoms with Gasteiger partial charge in [-0.2, -0.15) is 13.5 Å². The second-order valence-corrected chi connectivity index (χ2v) is 9.39. The number of thiazole rings is 1. The van der Waals surface area contributed by atoms with Crippen molar-refractivity contribution < 1.29 is 13.2 Å². The summed E-state index contributed by atoms with van der Waals surface area (Å²) in [7, 11) is -3.78. The van der Waals surface area contributed by atoms with E-state index in [0.29, 0.717) is 42.9 Å². The highest BCUT2D eigenvalue weighted by Crippen LogP contribution is 2.21. The molecule has 1 fully saturated rings. The molecule has 0 N–H and O–H groups in total. The third kappa shape index (κ3) is 4.44. The molecule has 1 aliphatic heterocycles. The smallest absolute Gasteiger partial charge is 0.294 e. The molecular weight excluding hydrogens is 416 g/mol. The summed E-state index contributed by atoms with van der Waals surface area (Å²) in [6.07, 6.45) is 3.27. The number of ether oxygens (including phenoxy) is 1. The number of hydrogen-bond acceptors (Lipinski definition) is 7. The van der Waals surface area contributed by atoms with E-state index in [0.717, 1.165) is 11.3 Å². The zero-order valence-electron chi connectivity index (χ0n) is 13.7. The van der Waals surface area contributed by atoms with Crippen LogP contribution in [0, 0.1) is 0 Å². The van der Waals surface area contributed by atoms with Gasteiger partial charge in [-0.15, -0.1) is 22.3 Å². The Labute approximate surface area is 164 Å². The van der Waals surface area contributed by atoms with Crippen molar-refractivity contribution in [3.8, 4) is 0 Å². The fraction of sp³-hybridized carbons (Fsp3) is 0.333. The van der Waals surface area contributed by atoms with Gasteiger partial charge in [-0.25, -0.2) is 0 Å². The first kappa shape index (κ1) is 19.3. The molecule has 140 valence electrons. The molecule has 0 spiro atoms. The van der Waals surface area contributed by atoms with Crippen molar-refractivity contribution in [3.63, 3.8) is 0 Å². The minimum atomic E-state index is -3.78. The molecule has 3 rings (SSSR count). The minimum Gasteiger partial charge on any atom is -0.378 e. The molecule has 0 aromatic carbocycles. The van der Waals surface area contributed by atoms with E-state index < -0.39 is 10.0 Å². The zero-order chi connectivity index (χ0) is 18.6. The van der Waals surface area contributed by atoms with Gasteiger partial charge in [-0.05, 0) is 11.4 Å². The first-order valence-electron chi connectivity index (χ1n) is 7.72. The lowest BCUT2D eigenvalue weighted by Crippen LogP contribution is -2.32. The third-order valence-electron chi connectivity index (χ3n) is 3.46. The van der Waals surface area contributed by atoms with Gasteiger partial charge in [-0.1, -0.05) is 35.1 Å². The number of nitrogens with zero attached hydrogens (tertiary/aromatic N) is 4. The summed E-state index contributed by atoms with van der Waals surface area (Å²) in [5.74, 6) is 0. The Morgan fingerprint density at radius 2 is 2.15 bits per heavy atom. The van der Waals surface area contributed by atoms with E-state index in [4.69, 9.17) is 16.3 Å². The van der Waals surface area contributed by atoms with Crippen LogP contribution in [0.3, 0.4) is 0 Å². The summed E-state index contributed by atoms with van der Waals surface area (Å²) < 4.78 is 36.0. The molecule has 1 saturated heterocycles. The predicted molar refractivity (Wildman–Crippen MR) is 105 cm³/mol. The van der Waals surface area contributed by atoms with Gasteiger partial charge in [-0.3, -0.25) is 5.01 Å². The van der Waals surface area contributed by atoms with Gasteiger partial charge in [0.1, 0.15) is 9.36 Å². The van der Waals surface area contributed by atoms with Crippen LogP contribution in [-0.2, 0) is 21.3 Å². The van der Waals surface area contributed by atoms with Crippen LogP contribution in [0.1, 0.15) is 4.88 Å². The number of thiophene rings is 1. The zero-order valence-corrected chi connectivity index (χ0v) is 17.0. The number of halogens is 1. The summed E-state index contributed by atoms with van der Waals surface area (Å²) in [6, 6.07) is 3.20. The summed E-state index contributed by atoms with van der Waals surface area (Å²) in [6.45, 7) is 6.71. The topological polar surface area (TPSA) is 76.3 Å². The molecule has 0 atom stereocenters. The van der Waals surface area contributed by atoms with Crippen molar-refractivity contribution in [2.24, 2.45) is 9.50 Å². The predicted octanol–water partition coefficient (Wildman–Crippen LogP) is 2.41. The Kier molecular flexibility index (Phi) is 6.30. The van der Waals surface area contributed by atoms with E-state index in [2.05, 4.69) is 16.1 Å². The highest BCUT2D eigenvalue weighted by Gasteiger charge is 2.17. The Bertz CT molecular complexity index is 955. The van der Waals surface area contributed by atoms with Crippen LogP contribution in [0.25, 0.3) is 0 Å². The molecule has 3 heterocycles. The Morgan fingerprint density at radius 3 is 2.81 bits per heavy atom. The highest BCUT2D eigenvalue weighted by molar-refractivity contribution is 7.92. The normalized spacial score (nSPS) is 16.5. The Morgan fingerprint density at radius 1 is 1.38 bits per heavy atom. The van der Waals surface area contributed by atoms with Crippen LogP contribution in [0.5, 0.6) is 0 Å². The number of rotatable bonds is 6. The Hall–Kier alpha value is -1.46. The lowest BCUT2D eigenvalue weighted by molar-refractivity contribution is 0.0397. The minimum absolute atomic E-state index is 0.190. The van der Waals surface area contributed by atoms with Gasteiger partial charge in [0.15, 0.2) is 0 Å². The number of sulfonamides is 1. The molecule has 2 aromatic heterocycles. The van der Waals surface area contributed by atoms with E-state index >= 15 is 0 Å². The molecule has 7 nitrogen and oxygen atoms in total. The average Bonchev–Trinajstić information content (AvgIpc) is 3.26. The lowest BCUT2D eigenvalue weighted by atomic mass is 10.5. The largest absolute Gasteiger partial charge is 0.378 e. The maximum absolute atomic E-state index is 12.5. The van der Waals surface area contributed by atoms with E-state index in [9.17, 15) is 8.42 Å². The van der Waals surface area contributed by atoms with Crippen LogP contribution in [0.4, 0.5) is 0 Å².